The van der Waals surface area contributed by atoms with Crippen molar-refractivity contribution in [2.24, 2.45) is 5.92 Å². The highest BCUT2D eigenvalue weighted by atomic mass is 14.7. The molecule has 0 amide bonds. The standard InChI is InChI=1S/C58H56N4/c1-2-3-4-9-39-14-16-40(17-15-39)38-41-34-36-58(37-35-41,46-26-18-44(19-27-46)56-54(42-22-30-48(59)31-23-42)50-10-5-7-12-52(50)61-56)47-28-20-45(21-29-47)57-55(43-24-32-49(60)33-25-43)51-11-6-8-13-53(51)62-57/h5-8,10-33,41,61-62H,2-4,9,34-38,59-60H2,1H3. The molecule has 0 saturated heterocycles. The van der Waals surface area contributed by atoms with Crippen LogP contribution in [0.1, 0.15) is 74.1 Å². The summed E-state index contributed by atoms with van der Waals surface area (Å²) in [7, 11) is 0. The highest BCUT2D eigenvalue weighted by Crippen LogP contribution is 2.49. The van der Waals surface area contributed by atoms with E-state index >= 15 is 0 Å². The molecule has 2 heterocycles. The van der Waals surface area contributed by atoms with Crippen LogP contribution in [0.15, 0.2) is 170 Å². The van der Waals surface area contributed by atoms with Gasteiger partial charge in [0, 0.05) is 49.7 Å². The van der Waals surface area contributed by atoms with E-state index in [1.54, 1.807) is 0 Å². The Morgan fingerprint density at radius 1 is 0.484 bits per heavy atom. The van der Waals surface area contributed by atoms with Gasteiger partial charge in [-0.15, -0.1) is 0 Å². The zero-order valence-electron chi connectivity index (χ0n) is 35.8. The Morgan fingerprint density at radius 2 is 0.919 bits per heavy atom. The molecule has 0 aliphatic heterocycles. The quantitative estimate of drug-likeness (QED) is 0.0732. The van der Waals surface area contributed by atoms with Gasteiger partial charge in [-0.1, -0.05) is 153 Å². The van der Waals surface area contributed by atoms with E-state index in [1.807, 2.05) is 24.3 Å². The fourth-order valence-corrected chi connectivity index (χ4v) is 10.4. The summed E-state index contributed by atoms with van der Waals surface area (Å²) < 4.78 is 0. The summed E-state index contributed by atoms with van der Waals surface area (Å²) in [5.41, 5.74) is 31.1. The number of nitrogens with one attached hydrogen (secondary N) is 2. The number of rotatable bonds is 12. The molecule has 10 rings (SSSR count). The number of H-pyrrole nitrogens is 2. The first-order valence-corrected chi connectivity index (χ1v) is 22.7. The third-order valence-electron chi connectivity index (χ3n) is 13.8. The minimum Gasteiger partial charge on any atom is -0.399 e. The summed E-state index contributed by atoms with van der Waals surface area (Å²) in [5.74, 6) is 0.662. The van der Waals surface area contributed by atoms with Gasteiger partial charge in [0.2, 0.25) is 0 Å². The lowest BCUT2D eigenvalue weighted by Gasteiger charge is -2.42. The number of aromatic nitrogens is 2. The minimum atomic E-state index is -0.100. The van der Waals surface area contributed by atoms with Crippen molar-refractivity contribution in [1.82, 2.24) is 9.97 Å². The highest BCUT2D eigenvalue weighted by molar-refractivity contribution is 6.05. The molecule has 0 spiro atoms. The van der Waals surface area contributed by atoms with Gasteiger partial charge in [0.25, 0.3) is 0 Å². The third kappa shape index (κ3) is 7.60. The van der Waals surface area contributed by atoms with E-state index in [-0.39, 0.29) is 5.41 Å². The van der Waals surface area contributed by atoms with Gasteiger partial charge in [0.15, 0.2) is 0 Å². The number of nitrogens with two attached hydrogens (primary N) is 2. The van der Waals surface area contributed by atoms with Crippen LogP contribution < -0.4 is 11.5 Å². The highest BCUT2D eigenvalue weighted by Gasteiger charge is 2.38. The van der Waals surface area contributed by atoms with Crippen molar-refractivity contribution in [3.05, 3.63) is 192 Å². The Balaban J connectivity index is 0.999. The van der Waals surface area contributed by atoms with E-state index in [4.69, 9.17) is 11.5 Å². The van der Waals surface area contributed by atoms with Crippen molar-refractivity contribution in [3.8, 4) is 44.8 Å². The van der Waals surface area contributed by atoms with Gasteiger partial charge in [0.05, 0.1) is 11.4 Å². The first kappa shape index (κ1) is 39.4. The van der Waals surface area contributed by atoms with E-state index in [0.29, 0.717) is 5.92 Å². The lowest BCUT2D eigenvalue weighted by molar-refractivity contribution is 0.264. The zero-order chi connectivity index (χ0) is 42.0. The number of benzene rings is 7. The Bertz CT molecular complexity index is 2750. The smallest absolute Gasteiger partial charge is 0.0544 e. The summed E-state index contributed by atoms with van der Waals surface area (Å²) >= 11 is 0. The van der Waals surface area contributed by atoms with Gasteiger partial charge in [-0.3, -0.25) is 0 Å². The Labute approximate surface area is 366 Å². The third-order valence-corrected chi connectivity index (χ3v) is 13.8. The molecule has 9 aromatic rings. The number of nitrogen functional groups attached to an aromatic ring is 2. The van der Waals surface area contributed by atoms with Crippen molar-refractivity contribution < 1.29 is 0 Å². The second-order valence-corrected chi connectivity index (χ2v) is 17.7. The van der Waals surface area contributed by atoms with Crippen molar-refractivity contribution in [2.75, 3.05) is 11.5 Å². The molecular formula is C58H56N4. The maximum Gasteiger partial charge on any atom is 0.0544 e. The summed E-state index contributed by atoms with van der Waals surface area (Å²) in [6, 6.07) is 62.3. The molecule has 0 bridgehead atoms. The molecule has 1 fully saturated rings. The van der Waals surface area contributed by atoms with Gasteiger partial charge < -0.3 is 21.4 Å². The fraction of sp³-hybridized carbons (Fsp3) is 0.207. The van der Waals surface area contributed by atoms with E-state index in [9.17, 15) is 0 Å². The van der Waals surface area contributed by atoms with Crippen LogP contribution in [0.2, 0.25) is 0 Å². The maximum absolute atomic E-state index is 6.14. The number of unbranched alkanes of at least 4 members (excludes halogenated alkanes) is 2. The van der Waals surface area contributed by atoms with Crippen LogP contribution in [-0.4, -0.2) is 9.97 Å². The molecule has 0 radical (unpaired) electrons. The lowest BCUT2D eigenvalue weighted by Crippen LogP contribution is -2.33. The monoisotopic (exact) mass is 808 g/mol. The molecule has 308 valence electrons. The number of hydrogen-bond acceptors (Lipinski definition) is 2. The summed E-state index contributed by atoms with van der Waals surface area (Å²) in [6.07, 6.45) is 10.8. The van der Waals surface area contributed by atoms with Crippen LogP contribution >= 0.6 is 0 Å². The zero-order valence-corrected chi connectivity index (χ0v) is 35.8. The summed E-state index contributed by atoms with van der Waals surface area (Å²) in [5, 5.41) is 2.43. The normalized spacial score (nSPS) is 14.1. The van der Waals surface area contributed by atoms with Gasteiger partial charge in [-0.25, -0.2) is 0 Å². The number of aryl methyl sites for hydroxylation is 1. The van der Waals surface area contributed by atoms with E-state index < -0.39 is 0 Å². The molecule has 6 N–H and O–H groups in total. The summed E-state index contributed by atoms with van der Waals surface area (Å²) in [6.45, 7) is 2.28. The molecule has 0 atom stereocenters. The number of aromatic amines is 2. The number of para-hydroxylation sites is 2. The van der Waals surface area contributed by atoms with Crippen LogP contribution in [0.25, 0.3) is 66.6 Å². The van der Waals surface area contributed by atoms with Crippen molar-refractivity contribution in [3.63, 3.8) is 0 Å². The number of fused-ring (bicyclic) bond motifs is 2. The van der Waals surface area contributed by atoms with E-state index in [1.165, 1.54) is 93.8 Å². The SMILES string of the molecule is CCCCCc1ccc(CC2CCC(c3ccc(-c4[nH]c5ccccc5c4-c4ccc(N)cc4)cc3)(c3ccc(-c4[nH]c5ccccc5c4-c4ccc(N)cc4)cc3)CC2)cc1. The first-order valence-electron chi connectivity index (χ1n) is 22.7. The van der Waals surface area contributed by atoms with Crippen LogP contribution in [0.5, 0.6) is 0 Å². The van der Waals surface area contributed by atoms with Gasteiger partial charge in [0.1, 0.15) is 0 Å². The fourth-order valence-electron chi connectivity index (χ4n) is 10.4. The Kier molecular flexibility index (Phi) is 10.8. The predicted molar refractivity (Wildman–Crippen MR) is 263 cm³/mol. The minimum absolute atomic E-state index is 0.100. The Hall–Kier alpha value is -6.78. The maximum atomic E-state index is 6.14. The molecule has 1 aliphatic rings. The van der Waals surface area contributed by atoms with Gasteiger partial charge >= 0.3 is 0 Å². The average Bonchev–Trinajstić information content (AvgIpc) is 3.90. The molecule has 62 heavy (non-hydrogen) atoms. The van der Waals surface area contributed by atoms with Gasteiger partial charge in [-0.05, 0) is 132 Å². The summed E-state index contributed by atoms with van der Waals surface area (Å²) in [4.78, 5) is 7.58. The van der Waals surface area contributed by atoms with E-state index in [2.05, 4.69) is 162 Å². The lowest BCUT2D eigenvalue weighted by atomic mass is 9.62. The molecule has 7 aromatic carbocycles. The van der Waals surface area contributed by atoms with Crippen LogP contribution in [-0.2, 0) is 18.3 Å². The van der Waals surface area contributed by atoms with Crippen LogP contribution in [0.3, 0.4) is 0 Å². The molecule has 4 nitrogen and oxygen atoms in total. The van der Waals surface area contributed by atoms with Crippen molar-refractivity contribution >= 4 is 33.2 Å². The largest absolute Gasteiger partial charge is 0.399 e. The first-order chi connectivity index (χ1) is 30.5. The second kappa shape index (κ2) is 16.9. The average molecular weight is 809 g/mol. The molecule has 4 heteroatoms. The molecule has 1 aliphatic carbocycles. The number of hydrogen-bond donors (Lipinski definition) is 4. The van der Waals surface area contributed by atoms with Gasteiger partial charge in [-0.2, -0.15) is 0 Å². The van der Waals surface area contributed by atoms with Crippen LogP contribution in [0, 0.1) is 5.92 Å². The molecular weight excluding hydrogens is 753 g/mol. The number of anilines is 2. The second-order valence-electron chi connectivity index (χ2n) is 17.7. The van der Waals surface area contributed by atoms with Crippen molar-refractivity contribution in [2.45, 2.75) is 70.1 Å². The van der Waals surface area contributed by atoms with Crippen LogP contribution in [0.4, 0.5) is 11.4 Å². The van der Waals surface area contributed by atoms with E-state index in [0.717, 1.165) is 64.2 Å². The topological polar surface area (TPSA) is 83.6 Å². The molecule has 0 unspecified atom stereocenters. The molecule has 2 aromatic heterocycles. The molecule has 1 saturated carbocycles. The Morgan fingerprint density at radius 3 is 1.39 bits per heavy atom. The predicted octanol–water partition coefficient (Wildman–Crippen LogP) is 14.9. The van der Waals surface area contributed by atoms with Crippen molar-refractivity contribution in [1.29, 1.82) is 0 Å².